The van der Waals surface area contributed by atoms with Crippen LogP contribution in [-0.4, -0.2) is 12.4 Å². The number of hydrogen-bond acceptors (Lipinski definition) is 2. The zero-order valence-electron chi connectivity index (χ0n) is 15.1. The van der Waals surface area contributed by atoms with E-state index in [0.29, 0.717) is 0 Å². The number of hydrogen-bond donors (Lipinski definition) is 0. The molecule has 1 aliphatic heterocycles. The van der Waals surface area contributed by atoms with Gasteiger partial charge in [0.2, 0.25) is 0 Å². The van der Waals surface area contributed by atoms with E-state index < -0.39 is 0 Å². The first kappa shape index (κ1) is 17.4. The summed E-state index contributed by atoms with van der Waals surface area (Å²) in [6.45, 7) is 5.26. The third-order valence-corrected chi connectivity index (χ3v) is 5.09. The molecule has 130 valence electrons. The summed E-state index contributed by atoms with van der Waals surface area (Å²) in [5.41, 5.74) is 1.31. The largest absolute Gasteiger partial charge is 0.350 e. The highest BCUT2D eigenvalue weighted by Gasteiger charge is 2.38. The maximum atomic E-state index is 6.65. The fourth-order valence-corrected chi connectivity index (χ4v) is 3.73. The maximum Gasteiger partial charge on any atom is 0.169 e. The number of ether oxygens (including phenoxy) is 2. The van der Waals surface area contributed by atoms with Crippen LogP contribution in [0.3, 0.4) is 0 Å². The van der Waals surface area contributed by atoms with Gasteiger partial charge in [0.05, 0.1) is 12.7 Å². The van der Waals surface area contributed by atoms with Crippen LogP contribution < -0.4 is 0 Å². The van der Waals surface area contributed by atoms with Gasteiger partial charge in [0.15, 0.2) is 5.79 Å². The molecule has 3 rings (SSSR count). The first-order valence-corrected chi connectivity index (χ1v) is 9.57. The molecule has 0 bridgehead atoms. The van der Waals surface area contributed by atoms with Crippen LogP contribution in [0.15, 0.2) is 42.5 Å². The van der Waals surface area contributed by atoms with E-state index in [9.17, 15) is 0 Å². The van der Waals surface area contributed by atoms with Crippen molar-refractivity contribution in [3.05, 3.63) is 48.0 Å². The van der Waals surface area contributed by atoms with E-state index in [1.807, 2.05) is 0 Å². The zero-order chi connectivity index (χ0) is 16.8. The van der Waals surface area contributed by atoms with Gasteiger partial charge in [-0.2, -0.15) is 0 Å². The Balaban J connectivity index is 1.87. The minimum Gasteiger partial charge on any atom is -0.350 e. The molecule has 2 nitrogen and oxygen atoms in total. The highest BCUT2D eigenvalue weighted by molar-refractivity contribution is 5.86. The molecule has 0 spiro atoms. The Hall–Kier alpha value is -1.38. The van der Waals surface area contributed by atoms with Gasteiger partial charge in [0.25, 0.3) is 0 Å². The van der Waals surface area contributed by atoms with Gasteiger partial charge in [0, 0.05) is 19.3 Å². The molecule has 1 saturated heterocycles. The van der Waals surface area contributed by atoms with Crippen molar-refractivity contribution in [2.45, 2.75) is 70.7 Å². The molecule has 2 heteroatoms. The third kappa shape index (κ3) is 3.81. The molecule has 1 aliphatic rings. The van der Waals surface area contributed by atoms with Crippen LogP contribution >= 0.6 is 0 Å². The summed E-state index contributed by atoms with van der Waals surface area (Å²) in [7, 11) is 0. The smallest absolute Gasteiger partial charge is 0.169 e. The van der Waals surface area contributed by atoms with Crippen LogP contribution in [0.4, 0.5) is 0 Å². The molecule has 0 aliphatic carbocycles. The van der Waals surface area contributed by atoms with Crippen molar-refractivity contribution in [2.75, 3.05) is 6.61 Å². The minimum absolute atomic E-state index is 0.138. The standard InChI is InChI=1S/C22H30O2/c1-3-5-15-22(16-6-4-2)23-17-14-21(24-22)20-13-9-11-18-10-7-8-12-19(18)20/h7-13,21H,3-6,14-17H2,1-2H3. The number of rotatable bonds is 7. The Labute approximate surface area is 146 Å². The summed E-state index contributed by atoms with van der Waals surface area (Å²) >= 11 is 0. The maximum absolute atomic E-state index is 6.65. The van der Waals surface area contributed by atoms with E-state index in [-0.39, 0.29) is 11.9 Å². The van der Waals surface area contributed by atoms with Crippen molar-refractivity contribution >= 4 is 10.8 Å². The van der Waals surface area contributed by atoms with Crippen molar-refractivity contribution < 1.29 is 9.47 Å². The van der Waals surface area contributed by atoms with E-state index in [4.69, 9.17) is 9.47 Å². The van der Waals surface area contributed by atoms with Crippen LogP contribution in [0.2, 0.25) is 0 Å². The topological polar surface area (TPSA) is 18.5 Å². The summed E-state index contributed by atoms with van der Waals surface area (Å²) < 4.78 is 12.9. The Morgan fingerprint density at radius 2 is 1.67 bits per heavy atom. The van der Waals surface area contributed by atoms with Gasteiger partial charge in [-0.1, -0.05) is 69.2 Å². The molecule has 0 aromatic heterocycles. The summed E-state index contributed by atoms with van der Waals surface area (Å²) in [5, 5.41) is 2.60. The van der Waals surface area contributed by atoms with E-state index in [1.54, 1.807) is 0 Å². The molecule has 1 heterocycles. The lowest BCUT2D eigenvalue weighted by molar-refractivity contribution is -0.302. The van der Waals surface area contributed by atoms with Gasteiger partial charge >= 0.3 is 0 Å². The average Bonchev–Trinajstić information content (AvgIpc) is 2.64. The first-order chi connectivity index (χ1) is 11.8. The van der Waals surface area contributed by atoms with Gasteiger partial charge in [0.1, 0.15) is 0 Å². The molecule has 0 N–H and O–H groups in total. The van der Waals surface area contributed by atoms with E-state index in [1.165, 1.54) is 29.2 Å². The van der Waals surface area contributed by atoms with Crippen LogP contribution in [-0.2, 0) is 9.47 Å². The number of benzene rings is 2. The van der Waals surface area contributed by atoms with Crippen LogP contribution in [0.1, 0.15) is 70.5 Å². The Morgan fingerprint density at radius 3 is 2.42 bits per heavy atom. The molecule has 2 aromatic rings. The quantitative estimate of drug-likeness (QED) is 0.586. The molecular weight excluding hydrogens is 296 g/mol. The van der Waals surface area contributed by atoms with Crippen molar-refractivity contribution in [3.8, 4) is 0 Å². The van der Waals surface area contributed by atoms with Gasteiger partial charge in [-0.15, -0.1) is 0 Å². The summed E-state index contributed by atoms with van der Waals surface area (Å²) in [5.74, 6) is -0.383. The van der Waals surface area contributed by atoms with Crippen molar-refractivity contribution in [3.63, 3.8) is 0 Å². The predicted molar refractivity (Wildman–Crippen MR) is 100 cm³/mol. The molecule has 1 fully saturated rings. The van der Waals surface area contributed by atoms with E-state index in [0.717, 1.165) is 38.7 Å². The molecular formula is C22H30O2. The second-order valence-electron chi connectivity index (χ2n) is 6.93. The number of fused-ring (bicyclic) bond motifs is 1. The van der Waals surface area contributed by atoms with Crippen LogP contribution in [0.25, 0.3) is 10.8 Å². The number of unbranched alkanes of at least 4 members (excludes halogenated alkanes) is 2. The normalized spacial score (nSPS) is 20.3. The zero-order valence-corrected chi connectivity index (χ0v) is 15.1. The van der Waals surface area contributed by atoms with E-state index in [2.05, 4.69) is 56.3 Å². The summed E-state index contributed by atoms with van der Waals surface area (Å²) in [4.78, 5) is 0. The predicted octanol–water partition coefficient (Wildman–Crippen LogP) is 6.39. The average molecular weight is 326 g/mol. The lowest BCUT2D eigenvalue weighted by Crippen LogP contribution is -2.42. The third-order valence-electron chi connectivity index (χ3n) is 5.09. The summed E-state index contributed by atoms with van der Waals surface area (Å²) in [6, 6.07) is 15.2. The first-order valence-electron chi connectivity index (χ1n) is 9.57. The second kappa shape index (κ2) is 8.13. The van der Waals surface area contributed by atoms with Gasteiger partial charge < -0.3 is 9.47 Å². The Morgan fingerprint density at radius 1 is 0.958 bits per heavy atom. The second-order valence-corrected chi connectivity index (χ2v) is 6.93. The molecule has 0 amide bonds. The molecule has 0 radical (unpaired) electrons. The molecule has 2 aromatic carbocycles. The fraction of sp³-hybridized carbons (Fsp3) is 0.545. The van der Waals surface area contributed by atoms with Crippen molar-refractivity contribution in [1.29, 1.82) is 0 Å². The lowest BCUT2D eigenvalue weighted by Gasteiger charge is -2.42. The molecule has 1 unspecified atom stereocenters. The van der Waals surface area contributed by atoms with Crippen molar-refractivity contribution in [1.82, 2.24) is 0 Å². The summed E-state index contributed by atoms with van der Waals surface area (Å²) in [6.07, 6.45) is 7.76. The molecule has 1 atom stereocenters. The van der Waals surface area contributed by atoms with Crippen LogP contribution in [0, 0.1) is 0 Å². The lowest BCUT2D eigenvalue weighted by atomic mass is 9.95. The van der Waals surface area contributed by atoms with Crippen LogP contribution in [0.5, 0.6) is 0 Å². The van der Waals surface area contributed by atoms with Crippen molar-refractivity contribution in [2.24, 2.45) is 0 Å². The monoisotopic (exact) mass is 326 g/mol. The Bertz CT molecular complexity index is 636. The minimum atomic E-state index is -0.383. The SMILES string of the molecule is CCCCC1(CCCC)OCCC(c2cccc3ccccc23)O1. The fourth-order valence-electron chi connectivity index (χ4n) is 3.73. The highest BCUT2D eigenvalue weighted by Crippen LogP contribution is 2.40. The van der Waals surface area contributed by atoms with Gasteiger partial charge in [-0.05, 0) is 29.2 Å². The van der Waals surface area contributed by atoms with E-state index >= 15 is 0 Å². The van der Waals surface area contributed by atoms with Gasteiger partial charge in [-0.25, -0.2) is 0 Å². The highest BCUT2D eigenvalue weighted by atomic mass is 16.7. The molecule has 24 heavy (non-hydrogen) atoms. The Kier molecular flexibility index (Phi) is 5.91. The molecule has 0 saturated carbocycles. The van der Waals surface area contributed by atoms with Gasteiger partial charge in [-0.3, -0.25) is 0 Å².